The Labute approximate surface area is 98.7 Å². The average Bonchev–Trinajstić information content (AvgIpc) is 3.21. The zero-order valence-electron chi connectivity index (χ0n) is 10.2. The zero-order chi connectivity index (χ0) is 11.9. The summed E-state index contributed by atoms with van der Waals surface area (Å²) in [6, 6.07) is 9.72. The Morgan fingerprint density at radius 3 is 1.56 bits per heavy atom. The summed E-state index contributed by atoms with van der Waals surface area (Å²) in [5, 5.41) is 0.975. The van der Waals surface area contributed by atoms with Gasteiger partial charge >= 0.3 is 8.80 Å². The van der Waals surface area contributed by atoms with Crippen LogP contribution in [0.1, 0.15) is 19.3 Å². The third kappa shape index (κ3) is 3.72. The van der Waals surface area contributed by atoms with Crippen molar-refractivity contribution in [3.8, 4) is 0 Å². The highest BCUT2D eigenvalue weighted by Crippen LogP contribution is 2.14. The summed E-state index contributed by atoms with van der Waals surface area (Å²) >= 11 is 0. The maximum Gasteiger partial charge on any atom is 0.536 e. The van der Waals surface area contributed by atoms with Crippen LogP contribution in [0.3, 0.4) is 0 Å². The van der Waals surface area contributed by atoms with Gasteiger partial charge in [0.15, 0.2) is 0 Å². The van der Waals surface area contributed by atoms with E-state index in [1.807, 2.05) is 30.3 Å². The molecule has 1 aliphatic carbocycles. The van der Waals surface area contributed by atoms with E-state index in [0.717, 1.165) is 5.19 Å². The van der Waals surface area contributed by atoms with Gasteiger partial charge in [0.2, 0.25) is 0 Å². The predicted octanol–water partition coefficient (Wildman–Crippen LogP) is 1.94. The Bertz CT molecular complexity index is 273. The van der Waals surface area contributed by atoms with Gasteiger partial charge in [-0.15, -0.1) is 0 Å². The van der Waals surface area contributed by atoms with E-state index >= 15 is 0 Å². The lowest BCUT2D eigenvalue weighted by molar-refractivity contribution is 0.140. The molecule has 0 spiro atoms. The third-order valence-corrected chi connectivity index (χ3v) is 4.94. The lowest BCUT2D eigenvalue weighted by Gasteiger charge is -2.24. The van der Waals surface area contributed by atoms with Crippen LogP contribution >= 0.6 is 0 Å². The average molecular weight is 240 g/mol. The highest BCUT2D eigenvalue weighted by molar-refractivity contribution is 6.75. The molecule has 2 rings (SSSR count). The van der Waals surface area contributed by atoms with Gasteiger partial charge in [-0.25, -0.2) is 0 Å². The largest absolute Gasteiger partial charge is 0.536 e. The monoisotopic (exact) mass is 240 g/mol. The second-order valence-corrected chi connectivity index (χ2v) is 6.51. The van der Waals surface area contributed by atoms with Gasteiger partial charge in [-0.1, -0.05) is 49.6 Å². The van der Waals surface area contributed by atoms with Gasteiger partial charge < -0.3 is 13.3 Å². The number of benzene rings is 1. The summed E-state index contributed by atoms with van der Waals surface area (Å²) in [7, 11) is 2.22. The minimum absolute atomic E-state index is 0.975. The molecular formula is C12H20O3Si. The molecule has 0 N–H and O–H groups in total. The van der Waals surface area contributed by atoms with Crippen molar-refractivity contribution in [3.63, 3.8) is 0 Å². The molecule has 90 valence electrons. The molecule has 0 unspecified atom stereocenters. The minimum atomic E-state index is -2.59. The molecular weight excluding hydrogens is 220 g/mol. The molecule has 0 aliphatic heterocycles. The fraction of sp³-hybridized carbons (Fsp3) is 0.500. The first-order valence-corrected chi connectivity index (χ1v) is 7.22. The fourth-order valence-corrected chi connectivity index (χ4v) is 3.05. The highest BCUT2D eigenvalue weighted by atomic mass is 28.4. The van der Waals surface area contributed by atoms with E-state index in [1.54, 1.807) is 21.3 Å². The number of hydrogen-bond donors (Lipinski definition) is 0. The molecule has 1 fully saturated rings. The molecule has 1 saturated carbocycles. The van der Waals surface area contributed by atoms with Crippen molar-refractivity contribution in [2.45, 2.75) is 19.3 Å². The third-order valence-electron chi connectivity index (χ3n) is 2.29. The molecule has 4 heteroatoms. The van der Waals surface area contributed by atoms with Gasteiger partial charge in [0.1, 0.15) is 0 Å². The molecule has 0 atom stereocenters. The zero-order valence-corrected chi connectivity index (χ0v) is 11.2. The molecule has 1 aliphatic rings. The van der Waals surface area contributed by atoms with Gasteiger partial charge in [-0.3, -0.25) is 0 Å². The SMILES string of the molecule is C1CC1.CO[Si](OC)(OC)c1ccccc1. The Kier molecular flexibility index (Phi) is 5.69. The van der Waals surface area contributed by atoms with Crippen LogP contribution in [0.5, 0.6) is 0 Å². The lowest BCUT2D eigenvalue weighted by Crippen LogP contribution is -2.54. The van der Waals surface area contributed by atoms with Crippen molar-refractivity contribution in [1.82, 2.24) is 0 Å². The Balaban J connectivity index is 0.000000365. The van der Waals surface area contributed by atoms with Crippen molar-refractivity contribution >= 4 is 14.0 Å². The summed E-state index contributed by atoms with van der Waals surface area (Å²) in [6.45, 7) is 0. The van der Waals surface area contributed by atoms with E-state index in [-0.39, 0.29) is 0 Å². The van der Waals surface area contributed by atoms with Crippen molar-refractivity contribution in [3.05, 3.63) is 30.3 Å². The standard InChI is InChI=1S/C9H14O3Si.C3H6/c1-10-13(11-2,12-3)9-7-5-4-6-8-9;1-2-3-1/h4-8H,1-3H3;1-3H2. The van der Waals surface area contributed by atoms with E-state index in [0.29, 0.717) is 0 Å². The van der Waals surface area contributed by atoms with E-state index < -0.39 is 8.80 Å². The molecule has 0 radical (unpaired) electrons. The maximum absolute atomic E-state index is 5.32. The molecule has 0 heterocycles. The summed E-state index contributed by atoms with van der Waals surface area (Å²) in [6.07, 6.45) is 4.50. The summed E-state index contributed by atoms with van der Waals surface area (Å²) in [4.78, 5) is 0. The van der Waals surface area contributed by atoms with Crippen LogP contribution in [0.15, 0.2) is 30.3 Å². The van der Waals surface area contributed by atoms with Crippen molar-refractivity contribution in [1.29, 1.82) is 0 Å². The minimum Gasteiger partial charge on any atom is -0.373 e. The summed E-state index contributed by atoms with van der Waals surface area (Å²) in [5.41, 5.74) is 0. The van der Waals surface area contributed by atoms with Crippen molar-refractivity contribution in [2.24, 2.45) is 0 Å². The summed E-state index contributed by atoms with van der Waals surface area (Å²) in [5.74, 6) is 0. The lowest BCUT2D eigenvalue weighted by atomic mass is 10.4. The highest BCUT2D eigenvalue weighted by Gasteiger charge is 2.40. The normalized spacial score (nSPS) is 13.9. The fourth-order valence-electron chi connectivity index (χ4n) is 1.25. The van der Waals surface area contributed by atoms with E-state index in [4.69, 9.17) is 13.3 Å². The molecule has 3 nitrogen and oxygen atoms in total. The van der Waals surface area contributed by atoms with Gasteiger partial charge in [-0.05, 0) is 0 Å². The summed E-state index contributed by atoms with van der Waals surface area (Å²) < 4.78 is 16.0. The van der Waals surface area contributed by atoms with Crippen molar-refractivity contribution in [2.75, 3.05) is 21.3 Å². The van der Waals surface area contributed by atoms with Crippen LogP contribution < -0.4 is 5.19 Å². The Hall–Kier alpha value is -0.683. The molecule has 0 bridgehead atoms. The van der Waals surface area contributed by atoms with E-state index in [1.165, 1.54) is 19.3 Å². The second kappa shape index (κ2) is 6.80. The van der Waals surface area contributed by atoms with Crippen LogP contribution in [0.4, 0.5) is 0 Å². The smallest absolute Gasteiger partial charge is 0.373 e. The first kappa shape index (κ1) is 13.4. The van der Waals surface area contributed by atoms with Gasteiger partial charge in [0, 0.05) is 26.5 Å². The van der Waals surface area contributed by atoms with Gasteiger partial charge in [0.05, 0.1) is 0 Å². The second-order valence-electron chi connectivity index (χ2n) is 3.60. The van der Waals surface area contributed by atoms with E-state index in [9.17, 15) is 0 Å². The van der Waals surface area contributed by atoms with Crippen LogP contribution in [0.2, 0.25) is 0 Å². The van der Waals surface area contributed by atoms with Gasteiger partial charge in [-0.2, -0.15) is 0 Å². The molecule has 0 amide bonds. The van der Waals surface area contributed by atoms with Gasteiger partial charge in [0.25, 0.3) is 0 Å². The van der Waals surface area contributed by atoms with Crippen LogP contribution in [-0.2, 0) is 13.3 Å². The maximum atomic E-state index is 5.32. The predicted molar refractivity (Wildman–Crippen MR) is 66.7 cm³/mol. The van der Waals surface area contributed by atoms with Crippen LogP contribution in [0, 0.1) is 0 Å². The van der Waals surface area contributed by atoms with E-state index in [2.05, 4.69) is 0 Å². The molecule has 0 saturated heterocycles. The molecule has 1 aromatic carbocycles. The molecule has 0 aromatic heterocycles. The Morgan fingerprint density at radius 1 is 0.812 bits per heavy atom. The number of rotatable bonds is 4. The quantitative estimate of drug-likeness (QED) is 0.753. The number of hydrogen-bond acceptors (Lipinski definition) is 3. The molecule has 1 aromatic rings. The first-order chi connectivity index (χ1) is 7.79. The van der Waals surface area contributed by atoms with Crippen molar-refractivity contribution < 1.29 is 13.3 Å². The van der Waals surface area contributed by atoms with Crippen LogP contribution in [-0.4, -0.2) is 30.1 Å². The molecule has 16 heavy (non-hydrogen) atoms. The topological polar surface area (TPSA) is 27.7 Å². The first-order valence-electron chi connectivity index (χ1n) is 5.50. The van der Waals surface area contributed by atoms with Crippen LogP contribution in [0.25, 0.3) is 0 Å². The Morgan fingerprint density at radius 2 is 1.25 bits per heavy atom.